The van der Waals surface area contributed by atoms with E-state index in [1.54, 1.807) is 12.3 Å². The second-order valence-electron chi connectivity index (χ2n) is 4.64. The van der Waals surface area contributed by atoms with Crippen molar-refractivity contribution in [3.8, 4) is 5.75 Å². The molecule has 0 amide bonds. The largest absolute Gasteiger partial charge is 0.503 e. The maximum Gasteiger partial charge on any atom is 0.223 e. The molecular formula is C14H24N2O2. The van der Waals surface area contributed by atoms with Crippen LogP contribution in [0.15, 0.2) is 17.1 Å². The summed E-state index contributed by atoms with van der Waals surface area (Å²) in [5, 5.41) is 9.57. The summed E-state index contributed by atoms with van der Waals surface area (Å²) < 4.78 is 2.01. The Morgan fingerprint density at radius 1 is 1.33 bits per heavy atom. The maximum atomic E-state index is 11.6. The molecule has 0 aromatic carbocycles. The van der Waals surface area contributed by atoms with Crippen molar-refractivity contribution in [3.05, 3.63) is 28.2 Å². The van der Waals surface area contributed by atoms with Gasteiger partial charge in [-0.3, -0.25) is 9.69 Å². The Kier molecular flexibility index (Phi) is 5.41. The number of nitrogens with zero attached hydrogens (tertiary/aromatic N) is 2. The van der Waals surface area contributed by atoms with Gasteiger partial charge in [-0.25, -0.2) is 0 Å². The normalized spacial score (nSPS) is 12.9. The topological polar surface area (TPSA) is 45.5 Å². The highest BCUT2D eigenvalue weighted by molar-refractivity contribution is 5.21. The number of pyridine rings is 1. The monoisotopic (exact) mass is 252 g/mol. The SMILES string of the molecule is CCC(C)n1cc(O)c(=O)cc1CN(CC)CC. The van der Waals surface area contributed by atoms with E-state index in [1.165, 1.54) is 0 Å². The van der Waals surface area contributed by atoms with Crippen molar-refractivity contribution in [2.24, 2.45) is 0 Å². The zero-order valence-electron chi connectivity index (χ0n) is 11.8. The number of rotatable bonds is 6. The predicted molar refractivity (Wildman–Crippen MR) is 74.0 cm³/mol. The molecule has 1 aromatic heterocycles. The van der Waals surface area contributed by atoms with Crippen LogP contribution in [-0.2, 0) is 6.54 Å². The first-order valence-corrected chi connectivity index (χ1v) is 6.69. The molecule has 4 nitrogen and oxygen atoms in total. The number of hydrogen-bond donors (Lipinski definition) is 1. The number of hydrogen-bond acceptors (Lipinski definition) is 3. The highest BCUT2D eigenvalue weighted by Crippen LogP contribution is 2.17. The summed E-state index contributed by atoms with van der Waals surface area (Å²) in [5.74, 6) is -0.168. The molecular weight excluding hydrogens is 228 g/mol. The molecule has 0 aliphatic carbocycles. The van der Waals surface area contributed by atoms with Crippen molar-refractivity contribution in [2.75, 3.05) is 13.1 Å². The second-order valence-corrected chi connectivity index (χ2v) is 4.64. The van der Waals surface area contributed by atoms with E-state index in [0.29, 0.717) is 0 Å². The molecule has 1 N–H and O–H groups in total. The molecule has 1 unspecified atom stereocenters. The smallest absolute Gasteiger partial charge is 0.223 e. The molecule has 0 spiro atoms. The van der Waals surface area contributed by atoms with Gasteiger partial charge in [0.05, 0.1) is 6.20 Å². The fourth-order valence-corrected chi connectivity index (χ4v) is 1.99. The summed E-state index contributed by atoms with van der Waals surface area (Å²) in [6, 6.07) is 1.84. The third kappa shape index (κ3) is 3.35. The van der Waals surface area contributed by atoms with Crippen LogP contribution in [0.5, 0.6) is 5.75 Å². The van der Waals surface area contributed by atoms with Gasteiger partial charge in [0.15, 0.2) is 5.75 Å². The highest BCUT2D eigenvalue weighted by atomic mass is 16.3. The summed E-state index contributed by atoms with van der Waals surface area (Å²) in [6.07, 6.45) is 2.53. The fourth-order valence-electron chi connectivity index (χ4n) is 1.99. The van der Waals surface area contributed by atoms with Crippen LogP contribution in [0.4, 0.5) is 0 Å². The van der Waals surface area contributed by atoms with Gasteiger partial charge in [-0.05, 0) is 26.4 Å². The van der Waals surface area contributed by atoms with E-state index in [4.69, 9.17) is 0 Å². The van der Waals surface area contributed by atoms with E-state index in [-0.39, 0.29) is 17.2 Å². The van der Waals surface area contributed by atoms with E-state index >= 15 is 0 Å². The lowest BCUT2D eigenvalue weighted by Crippen LogP contribution is -2.26. The van der Waals surface area contributed by atoms with Gasteiger partial charge in [0.25, 0.3) is 0 Å². The molecule has 1 aromatic rings. The van der Waals surface area contributed by atoms with Gasteiger partial charge in [-0.2, -0.15) is 0 Å². The van der Waals surface area contributed by atoms with Gasteiger partial charge in [0.1, 0.15) is 0 Å². The van der Waals surface area contributed by atoms with Crippen molar-refractivity contribution in [3.63, 3.8) is 0 Å². The lowest BCUT2D eigenvalue weighted by Gasteiger charge is -2.24. The second kappa shape index (κ2) is 6.59. The van der Waals surface area contributed by atoms with Gasteiger partial charge < -0.3 is 9.67 Å². The van der Waals surface area contributed by atoms with E-state index in [2.05, 4.69) is 32.6 Å². The van der Waals surface area contributed by atoms with Crippen LogP contribution in [0.3, 0.4) is 0 Å². The Balaban J connectivity index is 3.15. The van der Waals surface area contributed by atoms with E-state index in [9.17, 15) is 9.90 Å². The summed E-state index contributed by atoms with van der Waals surface area (Å²) in [5.41, 5.74) is 0.674. The van der Waals surface area contributed by atoms with Crippen molar-refractivity contribution >= 4 is 0 Å². The van der Waals surface area contributed by atoms with Crippen molar-refractivity contribution in [1.29, 1.82) is 0 Å². The number of aromatic nitrogens is 1. The Labute approximate surface area is 109 Å². The average Bonchev–Trinajstić information content (AvgIpc) is 2.38. The molecule has 0 saturated heterocycles. The molecule has 0 radical (unpaired) electrons. The van der Waals surface area contributed by atoms with Crippen LogP contribution in [0.1, 0.15) is 45.9 Å². The molecule has 18 heavy (non-hydrogen) atoms. The Morgan fingerprint density at radius 3 is 2.44 bits per heavy atom. The Bertz CT molecular complexity index is 436. The van der Waals surface area contributed by atoms with Crippen LogP contribution >= 0.6 is 0 Å². The van der Waals surface area contributed by atoms with Crippen LogP contribution in [0, 0.1) is 0 Å². The van der Waals surface area contributed by atoms with Gasteiger partial charge in [0.2, 0.25) is 5.43 Å². The fraction of sp³-hybridized carbons (Fsp3) is 0.643. The van der Waals surface area contributed by atoms with E-state index in [0.717, 1.165) is 31.7 Å². The minimum atomic E-state index is -0.295. The molecule has 0 bridgehead atoms. The molecule has 4 heteroatoms. The molecule has 1 atom stereocenters. The van der Waals surface area contributed by atoms with E-state index in [1.807, 2.05) is 4.57 Å². The van der Waals surface area contributed by atoms with Crippen molar-refractivity contribution in [2.45, 2.75) is 46.7 Å². The number of aromatic hydroxyl groups is 1. The molecule has 0 saturated carbocycles. The van der Waals surface area contributed by atoms with Crippen LogP contribution < -0.4 is 5.43 Å². The lowest BCUT2D eigenvalue weighted by atomic mass is 10.2. The summed E-state index contributed by atoms with van der Waals surface area (Å²) >= 11 is 0. The van der Waals surface area contributed by atoms with Gasteiger partial charge >= 0.3 is 0 Å². The minimum absolute atomic E-state index is 0.168. The zero-order valence-corrected chi connectivity index (χ0v) is 11.8. The third-order valence-electron chi connectivity index (χ3n) is 3.49. The molecule has 0 aliphatic heterocycles. The summed E-state index contributed by atoms with van der Waals surface area (Å²) in [4.78, 5) is 13.8. The minimum Gasteiger partial charge on any atom is -0.503 e. The molecule has 1 rings (SSSR count). The standard InChI is InChI=1S/C14H24N2O2/c1-5-11(4)16-10-14(18)13(17)8-12(16)9-15(6-2)7-3/h8,10-11,18H,5-7,9H2,1-4H3. The molecule has 1 heterocycles. The van der Waals surface area contributed by atoms with Crippen LogP contribution in [0.2, 0.25) is 0 Å². The van der Waals surface area contributed by atoms with Crippen LogP contribution in [-0.4, -0.2) is 27.7 Å². The Morgan fingerprint density at radius 2 is 1.94 bits per heavy atom. The van der Waals surface area contributed by atoms with Crippen molar-refractivity contribution in [1.82, 2.24) is 9.47 Å². The molecule has 0 fully saturated rings. The first-order chi connectivity index (χ1) is 8.53. The predicted octanol–water partition coefficient (Wildman–Crippen LogP) is 2.37. The van der Waals surface area contributed by atoms with Crippen LogP contribution in [0.25, 0.3) is 0 Å². The van der Waals surface area contributed by atoms with Crippen molar-refractivity contribution < 1.29 is 5.11 Å². The van der Waals surface area contributed by atoms with Gasteiger partial charge in [0, 0.05) is 24.3 Å². The maximum absolute atomic E-state index is 11.6. The van der Waals surface area contributed by atoms with E-state index < -0.39 is 0 Å². The highest BCUT2D eigenvalue weighted by Gasteiger charge is 2.12. The van der Waals surface area contributed by atoms with Gasteiger partial charge in [-0.15, -0.1) is 0 Å². The summed E-state index contributed by atoms with van der Waals surface area (Å²) in [7, 11) is 0. The van der Waals surface area contributed by atoms with Gasteiger partial charge in [-0.1, -0.05) is 20.8 Å². The molecule has 0 aliphatic rings. The first kappa shape index (κ1) is 14.8. The quantitative estimate of drug-likeness (QED) is 0.845. The lowest BCUT2D eigenvalue weighted by molar-refractivity contribution is 0.282. The third-order valence-corrected chi connectivity index (χ3v) is 3.49. The molecule has 102 valence electrons. The first-order valence-electron chi connectivity index (χ1n) is 6.69. The zero-order chi connectivity index (χ0) is 13.7. The average molecular weight is 252 g/mol. The summed E-state index contributed by atoms with van der Waals surface area (Å²) in [6.45, 7) is 11.0. The Hall–Kier alpha value is -1.29.